The van der Waals surface area contributed by atoms with Crippen LogP contribution >= 0.6 is 0 Å². The first-order valence-electron chi connectivity index (χ1n) is 7.48. The molecule has 132 valence electrons. The molecular formula is C16H23N3O5. The van der Waals surface area contributed by atoms with Gasteiger partial charge in [-0.3, -0.25) is 4.79 Å². The molecule has 0 aromatic heterocycles. The molecule has 0 spiro atoms. The second-order valence-electron chi connectivity index (χ2n) is 6.08. The number of aliphatic carboxylic acids is 1. The van der Waals surface area contributed by atoms with Crippen LogP contribution in [0.1, 0.15) is 26.3 Å². The first kappa shape index (κ1) is 19.3. The van der Waals surface area contributed by atoms with Crippen molar-refractivity contribution in [3.05, 3.63) is 29.8 Å². The van der Waals surface area contributed by atoms with E-state index in [1.807, 2.05) is 0 Å². The predicted molar refractivity (Wildman–Crippen MR) is 89.0 cm³/mol. The van der Waals surface area contributed by atoms with Crippen molar-refractivity contribution < 1.29 is 24.2 Å². The molecule has 0 radical (unpaired) electrons. The number of carboxylic acids is 1. The molecule has 4 N–H and O–H groups in total. The van der Waals surface area contributed by atoms with Crippen molar-refractivity contribution in [2.24, 2.45) is 0 Å². The number of carboxylic acid groups (broad SMARTS) is 1. The molecule has 0 atom stereocenters. The molecular weight excluding hydrogens is 314 g/mol. The lowest BCUT2D eigenvalue weighted by atomic mass is 10.1. The van der Waals surface area contributed by atoms with Crippen LogP contribution in [-0.4, -0.2) is 41.9 Å². The number of urea groups is 1. The van der Waals surface area contributed by atoms with E-state index in [0.717, 1.165) is 0 Å². The second-order valence-corrected chi connectivity index (χ2v) is 6.08. The number of carbonyl (C=O) groups excluding carboxylic acids is 2. The van der Waals surface area contributed by atoms with Gasteiger partial charge in [-0.2, -0.15) is 0 Å². The zero-order chi connectivity index (χ0) is 18.2. The molecule has 0 fully saturated rings. The highest BCUT2D eigenvalue weighted by molar-refractivity contribution is 5.89. The second kappa shape index (κ2) is 8.76. The number of hydrogen-bond donors (Lipinski definition) is 4. The molecule has 24 heavy (non-hydrogen) atoms. The molecule has 8 nitrogen and oxygen atoms in total. The zero-order valence-corrected chi connectivity index (χ0v) is 14.0. The summed E-state index contributed by atoms with van der Waals surface area (Å²) in [5.74, 6) is -0.911. The van der Waals surface area contributed by atoms with Crippen molar-refractivity contribution in [1.29, 1.82) is 0 Å². The van der Waals surface area contributed by atoms with Crippen LogP contribution in [-0.2, 0) is 16.0 Å². The van der Waals surface area contributed by atoms with Crippen molar-refractivity contribution in [1.82, 2.24) is 10.6 Å². The Bertz CT molecular complexity index is 578. The van der Waals surface area contributed by atoms with Crippen LogP contribution in [0.25, 0.3) is 0 Å². The summed E-state index contributed by atoms with van der Waals surface area (Å²) in [6.07, 6.45) is -0.610. The van der Waals surface area contributed by atoms with Crippen LogP contribution in [0.15, 0.2) is 24.3 Å². The Balaban J connectivity index is 2.27. The van der Waals surface area contributed by atoms with Gasteiger partial charge < -0.3 is 25.8 Å². The Hall–Kier alpha value is -2.77. The number of alkyl carbamates (subject to hydrolysis) is 1. The Labute approximate surface area is 140 Å². The third-order valence-electron chi connectivity index (χ3n) is 2.65. The summed E-state index contributed by atoms with van der Waals surface area (Å²) in [7, 11) is 0. The number of hydrogen-bond acceptors (Lipinski definition) is 4. The number of nitrogens with one attached hydrogen (secondary N) is 3. The van der Waals surface area contributed by atoms with E-state index in [0.29, 0.717) is 11.3 Å². The molecule has 0 saturated carbocycles. The lowest BCUT2D eigenvalue weighted by Gasteiger charge is -2.19. The summed E-state index contributed by atoms with van der Waals surface area (Å²) in [5, 5.41) is 16.4. The minimum absolute atomic E-state index is 0.0667. The monoisotopic (exact) mass is 337 g/mol. The van der Waals surface area contributed by atoms with Crippen molar-refractivity contribution in [3.63, 3.8) is 0 Å². The highest BCUT2D eigenvalue weighted by atomic mass is 16.6. The van der Waals surface area contributed by atoms with Crippen LogP contribution < -0.4 is 16.0 Å². The number of anilines is 1. The maximum absolute atomic E-state index is 11.7. The van der Waals surface area contributed by atoms with Crippen molar-refractivity contribution in [2.45, 2.75) is 32.8 Å². The molecule has 0 saturated heterocycles. The van der Waals surface area contributed by atoms with E-state index in [1.54, 1.807) is 45.0 Å². The van der Waals surface area contributed by atoms with E-state index in [2.05, 4.69) is 16.0 Å². The fraction of sp³-hybridized carbons (Fsp3) is 0.438. The van der Waals surface area contributed by atoms with Crippen LogP contribution in [0.5, 0.6) is 0 Å². The Morgan fingerprint density at radius 2 is 1.62 bits per heavy atom. The fourth-order valence-electron chi connectivity index (χ4n) is 1.71. The first-order chi connectivity index (χ1) is 11.2. The van der Waals surface area contributed by atoms with Gasteiger partial charge in [0.2, 0.25) is 0 Å². The topological polar surface area (TPSA) is 117 Å². The van der Waals surface area contributed by atoms with E-state index in [-0.39, 0.29) is 19.5 Å². The average Bonchev–Trinajstić information content (AvgIpc) is 2.43. The molecule has 1 aromatic carbocycles. The molecule has 1 rings (SSSR count). The summed E-state index contributed by atoms with van der Waals surface area (Å²) in [4.78, 5) is 33.7. The van der Waals surface area contributed by atoms with E-state index in [1.165, 1.54) is 0 Å². The maximum atomic E-state index is 11.7. The molecule has 0 heterocycles. The lowest BCUT2D eigenvalue weighted by molar-refractivity contribution is -0.136. The molecule has 0 aliphatic carbocycles. The van der Waals surface area contributed by atoms with E-state index >= 15 is 0 Å². The van der Waals surface area contributed by atoms with Crippen LogP contribution in [0.2, 0.25) is 0 Å². The van der Waals surface area contributed by atoms with Crippen molar-refractivity contribution in [2.75, 3.05) is 18.4 Å². The molecule has 0 aliphatic rings. The smallest absolute Gasteiger partial charge is 0.407 e. The SMILES string of the molecule is CC(C)(C)OC(=O)NCCNC(=O)Nc1ccc(CC(=O)O)cc1. The molecule has 0 unspecified atom stereocenters. The van der Waals surface area contributed by atoms with Crippen molar-refractivity contribution in [3.8, 4) is 0 Å². The number of amides is 3. The third kappa shape index (κ3) is 8.62. The van der Waals surface area contributed by atoms with Crippen LogP contribution in [0.3, 0.4) is 0 Å². The average molecular weight is 337 g/mol. The van der Waals surface area contributed by atoms with Gasteiger partial charge in [-0.25, -0.2) is 9.59 Å². The third-order valence-corrected chi connectivity index (χ3v) is 2.65. The summed E-state index contributed by atoms with van der Waals surface area (Å²) in [6, 6.07) is 6.09. The van der Waals surface area contributed by atoms with E-state index < -0.39 is 23.7 Å². The molecule has 1 aromatic rings. The molecule has 0 bridgehead atoms. The Morgan fingerprint density at radius 3 is 2.17 bits per heavy atom. The molecule has 8 heteroatoms. The lowest BCUT2D eigenvalue weighted by Crippen LogP contribution is -2.39. The van der Waals surface area contributed by atoms with Gasteiger partial charge >= 0.3 is 18.1 Å². The van der Waals surface area contributed by atoms with Gasteiger partial charge in [-0.05, 0) is 38.5 Å². The van der Waals surface area contributed by atoms with Crippen LogP contribution in [0.4, 0.5) is 15.3 Å². The van der Waals surface area contributed by atoms with Gasteiger partial charge in [0.25, 0.3) is 0 Å². The Morgan fingerprint density at radius 1 is 1.04 bits per heavy atom. The van der Waals surface area contributed by atoms with Gasteiger partial charge in [0.15, 0.2) is 0 Å². The number of carbonyl (C=O) groups is 3. The summed E-state index contributed by atoms with van der Waals surface area (Å²) >= 11 is 0. The largest absolute Gasteiger partial charge is 0.481 e. The summed E-state index contributed by atoms with van der Waals surface area (Å²) < 4.78 is 5.06. The standard InChI is InChI=1S/C16H23N3O5/c1-16(2,3)24-15(23)18-9-8-17-14(22)19-12-6-4-11(5-7-12)10-13(20)21/h4-7H,8-10H2,1-3H3,(H,18,23)(H,20,21)(H2,17,19,22). The van der Waals surface area contributed by atoms with E-state index in [4.69, 9.17) is 9.84 Å². The van der Waals surface area contributed by atoms with Gasteiger partial charge in [-0.15, -0.1) is 0 Å². The minimum atomic E-state index is -0.911. The molecule has 0 aliphatic heterocycles. The Kier molecular flexibility index (Phi) is 7.03. The first-order valence-corrected chi connectivity index (χ1v) is 7.48. The number of rotatable bonds is 6. The van der Waals surface area contributed by atoms with Gasteiger partial charge in [0, 0.05) is 18.8 Å². The highest BCUT2D eigenvalue weighted by Crippen LogP contribution is 2.10. The molecule has 3 amide bonds. The van der Waals surface area contributed by atoms with Crippen LogP contribution in [0, 0.1) is 0 Å². The van der Waals surface area contributed by atoms with Crippen molar-refractivity contribution >= 4 is 23.8 Å². The number of benzene rings is 1. The zero-order valence-electron chi connectivity index (χ0n) is 14.0. The van der Waals surface area contributed by atoms with E-state index in [9.17, 15) is 14.4 Å². The quantitative estimate of drug-likeness (QED) is 0.592. The van der Waals surface area contributed by atoms with Gasteiger partial charge in [0.1, 0.15) is 5.60 Å². The normalized spacial score (nSPS) is 10.6. The fourth-order valence-corrected chi connectivity index (χ4v) is 1.71. The summed E-state index contributed by atoms with van der Waals surface area (Å²) in [6.45, 7) is 5.77. The minimum Gasteiger partial charge on any atom is -0.481 e. The van der Waals surface area contributed by atoms with Gasteiger partial charge in [0.05, 0.1) is 6.42 Å². The predicted octanol–water partition coefficient (Wildman–Crippen LogP) is 1.96. The number of ether oxygens (including phenoxy) is 1. The maximum Gasteiger partial charge on any atom is 0.407 e. The summed E-state index contributed by atoms with van der Waals surface area (Å²) in [5.41, 5.74) is 0.624. The highest BCUT2D eigenvalue weighted by Gasteiger charge is 2.15. The van der Waals surface area contributed by atoms with Gasteiger partial charge in [-0.1, -0.05) is 12.1 Å².